The van der Waals surface area contributed by atoms with Gasteiger partial charge in [-0.05, 0) is 82.1 Å². The molecule has 1 saturated carbocycles. The molecule has 138 valence electrons. The minimum atomic E-state index is -0.452. The number of rotatable bonds is 2. The lowest BCUT2D eigenvalue weighted by Crippen LogP contribution is -2.39. The SMILES string of the molecule is CC1CCC(Oc2ccc3c(c2)CCN(C(=O)OC(C)(C)C)C3)CC1. The molecule has 0 spiro atoms. The molecule has 1 aromatic rings. The van der Waals surface area contributed by atoms with E-state index in [-0.39, 0.29) is 6.09 Å². The molecule has 0 radical (unpaired) electrons. The summed E-state index contributed by atoms with van der Waals surface area (Å²) in [6.45, 7) is 9.35. The van der Waals surface area contributed by atoms with Crippen molar-refractivity contribution in [3.05, 3.63) is 29.3 Å². The smallest absolute Gasteiger partial charge is 0.410 e. The minimum absolute atomic E-state index is 0.227. The molecule has 1 heterocycles. The largest absolute Gasteiger partial charge is 0.490 e. The van der Waals surface area contributed by atoms with Gasteiger partial charge in [-0.1, -0.05) is 13.0 Å². The van der Waals surface area contributed by atoms with E-state index in [1.54, 1.807) is 4.90 Å². The number of fused-ring (bicyclic) bond motifs is 1. The van der Waals surface area contributed by atoms with E-state index in [0.717, 1.165) is 30.9 Å². The standard InChI is InChI=1S/C21H31NO3/c1-15-5-8-18(9-6-15)24-19-10-7-17-14-22(12-11-16(17)13-19)20(23)25-21(2,3)4/h7,10,13,15,18H,5-6,8-9,11-12,14H2,1-4H3. The first-order chi connectivity index (χ1) is 11.8. The highest BCUT2D eigenvalue weighted by atomic mass is 16.6. The molecule has 0 saturated heterocycles. The number of nitrogens with zero attached hydrogens (tertiary/aromatic N) is 1. The second-order valence-corrected chi connectivity index (χ2v) is 8.58. The molecule has 0 atom stereocenters. The van der Waals surface area contributed by atoms with Crippen LogP contribution in [0.25, 0.3) is 0 Å². The van der Waals surface area contributed by atoms with Crippen LogP contribution in [0.2, 0.25) is 0 Å². The molecule has 0 unspecified atom stereocenters. The van der Waals surface area contributed by atoms with Gasteiger partial charge in [-0.3, -0.25) is 0 Å². The number of hydrogen-bond acceptors (Lipinski definition) is 3. The summed E-state index contributed by atoms with van der Waals surface area (Å²) in [7, 11) is 0. The van der Waals surface area contributed by atoms with Gasteiger partial charge in [0.15, 0.2) is 0 Å². The Kier molecular flexibility index (Phi) is 5.26. The summed E-state index contributed by atoms with van der Waals surface area (Å²) in [6, 6.07) is 6.32. The van der Waals surface area contributed by atoms with Crippen molar-refractivity contribution in [3.8, 4) is 5.75 Å². The van der Waals surface area contributed by atoms with Crippen LogP contribution in [0.1, 0.15) is 64.5 Å². The first-order valence-corrected chi connectivity index (χ1v) is 9.56. The third kappa shape index (κ3) is 4.90. The summed E-state index contributed by atoms with van der Waals surface area (Å²) in [5.74, 6) is 1.81. The molecular weight excluding hydrogens is 314 g/mol. The number of benzene rings is 1. The van der Waals surface area contributed by atoms with Gasteiger partial charge < -0.3 is 14.4 Å². The molecule has 2 aliphatic rings. The van der Waals surface area contributed by atoms with Gasteiger partial charge in [0.1, 0.15) is 11.4 Å². The lowest BCUT2D eigenvalue weighted by molar-refractivity contribution is 0.0224. The fourth-order valence-electron chi connectivity index (χ4n) is 3.62. The summed E-state index contributed by atoms with van der Waals surface area (Å²) in [4.78, 5) is 14.0. The maximum atomic E-state index is 12.3. The molecular formula is C21H31NO3. The van der Waals surface area contributed by atoms with E-state index in [9.17, 15) is 4.79 Å². The summed E-state index contributed by atoms with van der Waals surface area (Å²) in [5, 5.41) is 0. The van der Waals surface area contributed by atoms with Crippen LogP contribution in [0.5, 0.6) is 5.75 Å². The molecule has 0 aromatic heterocycles. The molecule has 1 amide bonds. The molecule has 4 nitrogen and oxygen atoms in total. The normalized spacial score (nSPS) is 23.8. The minimum Gasteiger partial charge on any atom is -0.490 e. The molecule has 1 fully saturated rings. The van der Waals surface area contributed by atoms with E-state index in [2.05, 4.69) is 25.1 Å². The zero-order chi connectivity index (χ0) is 18.0. The Bertz CT molecular complexity index is 612. The summed E-state index contributed by atoms with van der Waals surface area (Å²) in [6.07, 6.45) is 5.83. The van der Waals surface area contributed by atoms with Crippen LogP contribution in [-0.4, -0.2) is 29.2 Å². The van der Waals surface area contributed by atoms with Crippen molar-refractivity contribution in [1.29, 1.82) is 0 Å². The summed E-state index contributed by atoms with van der Waals surface area (Å²) < 4.78 is 11.7. The number of carbonyl (C=O) groups is 1. The monoisotopic (exact) mass is 345 g/mol. The molecule has 3 rings (SSSR count). The highest BCUT2D eigenvalue weighted by Gasteiger charge is 2.26. The van der Waals surface area contributed by atoms with Gasteiger partial charge >= 0.3 is 6.09 Å². The summed E-state index contributed by atoms with van der Waals surface area (Å²) in [5.41, 5.74) is 2.04. The van der Waals surface area contributed by atoms with Crippen LogP contribution in [0.4, 0.5) is 4.79 Å². The Labute approximate surface area is 151 Å². The van der Waals surface area contributed by atoms with Gasteiger partial charge in [-0.2, -0.15) is 0 Å². The van der Waals surface area contributed by atoms with Gasteiger partial charge in [0.2, 0.25) is 0 Å². The van der Waals surface area contributed by atoms with E-state index >= 15 is 0 Å². The Hall–Kier alpha value is -1.71. The van der Waals surface area contributed by atoms with E-state index in [1.165, 1.54) is 24.0 Å². The zero-order valence-corrected chi connectivity index (χ0v) is 16.0. The number of ether oxygens (including phenoxy) is 2. The van der Waals surface area contributed by atoms with Crippen LogP contribution < -0.4 is 4.74 Å². The average molecular weight is 345 g/mol. The summed E-state index contributed by atoms with van der Waals surface area (Å²) >= 11 is 0. The van der Waals surface area contributed by atoms with Crippen LogP contribution >= 0.6 is 0 Å². The number of amides is 1. The van der Waals surface area contributed by atoms with Crippen LogP contribution in [0.3, 0.4) is 0 Å². The van der Waals surface area contributed by atoms with E-state index in [4.69, 9.17) is 9.47 Å². The zero-order valence-electron chi connectivity index (χ0n) is 16.0. The van der Waals surface area contributed by atoms with Crippen molar-refractivity contribution < 1.29 is 14.3 Å². The average Bonchev–Trinajstić information content (AvgIpc) is 2.55. The predicted octanol–water partition coefficient (Wildman–Crippen LogP) is 4.94. The Morgan fingerprint density at radius 2 is 1.84 bits per heavy atom. The molecule has 1 aliphatic carbocycles. The molecule has 25 heavy (non-hydrogen) atoms. The Morgan fingerprint density at radius 3 is 2.52 bits per heavy atom. The van der Waals surface area contributed by atoms with Crippen LogP contribution in [0, 0.1) is 5.92 Å². The van der Waals surface area contributed by atoms with Gasteiger partial charge in [0, 0.05) is 13.1 Å². The molecule has 4 heteroatoms. The fraction of sp³-hybridized carbons (Fsp3) is 0.667. The molecule has 1 aliphatic heterocycles. The number of carbonyl (C=O) groups excluding carboxylic acids is 1. The Morgan fingerprint density at radius 1 is 1.12 bits per heavy atom. The lowest BCUT2D eigenvalue weighted by Gasteiger charge is -2.32. The maximum absolute atomic E-state index is 12.3. The second kappa shape index (κ2) is 7.27. The van der Waals surface area contributed by atoms with Crippen molar-refractivity contribution in [1.82, 2.24) is 4.90 Å². The molecule has 1 aromatic carbocycles. The first-order valence-electron chi connectivity index (χ1n) is 9.56. The van der Waals surface area contributed by atoms with E-state index in [1.807, 2.05) is 20.8 Å². The van der Waals surface area contributed by atoms with Crippen molar-refractivity contribution in [2.45, 2.75) is 78.0 Å². The van der Waals surface area contributed by atoms with Gasteiger partial charge in [-0.25, -0.2) is 4.79 Å². The highest BCUT2D eigenvalue weighted by Crippen LogP contribution is 2.30. The highest BCUT2D eigenvalue weighted by molar-refractivity contribution is 5.68. The maximum Gasteiger partial charge on any atom is 0.410 e. The van der Waals surface area contributed by atoms with Gasteiger partial charge in [-0.15, -0.1) is 0 Å². The predicted molar refractivity (Wildman–Crippen MR) is 98.8 cm³/mol. The van der Waals surface area contributed by atoms with Crippen LogP contribution in [0.15, 0.2) is 18.2 Å². The van der Waals surface area contributed by atoms with E-state index in [0.29, 0.717) is 19.2 Å². The van der Waals surface area contributed by atoms with Gasteiger partial charge in [0.05, 0.1) is 6.10 Å². The third-order valence-electron chi connectivity index (χ3n) is 5.11. The molecule has 0 bridgehead atoms. The topological polar surface area (TPSA) is 38.8 Å². The van der Waals surface area contributed by atoms with Crippen molar-refractivity contribution in [3.63, 3.8) is 0 Å². The first kappa shape index (κ1) is 18.1. The third-order valence-corrected chi connectivity index (χ3v) is 5.11. The van der Waals surface area contributed by atoms with E-state index < -0.39 is 5.60 Å². The van der Waals surface area contributed by atoms with Crippen molar-refractivity contribution in [2.24, 2.45) is 5.92 Å². The Balaban J connectivity index is 1.60. The van der Waals surface area contributed by atoms with Crippen molar-refractivity contribution >= 4 is 6.09 Å². The fourth-order valence-corrected chi connectivity index (χ4v) is 3.62. The number of hydrogen-bond donors (Lipinski definition) is 0. The quantitative estimate of drug-likeness (QED) is 0.762. The second-order valence-electron chi connectivity index (χ2n) is 8.58. The molecule has 0 N–H and O–H groups in total. The lowest BCUT2D eigenvalue weighted by atomic mass is 9.89. The van der Waals surface area contributed by atoms with Crippen LogP contribution in [-0.2, 0) is 17.7 Å². The van der Waals surface area contributed by atoms with Crippen molar-refractivity contribution in [2.75, 3.05) is 6.54 Å². The van der Waals surface area contributed by atoms with Gasteiger partial charge in [0.25, 0.3) is 0 Å².